The normalized spacial score (nSPS) is 29.4. The van der Waals surface area contributed by atoms with Crippen LogP contribution in [0.3, 0.4) is 0 Å². The molecule has 1 aliphatic carbocycles. The highest BCUT2D eigenvalue weighted by Crippen LogP contribution is 2.33. The van der Waals surface area contributed by atoms with Crippen LogP contribution in [0.5, 0.6) is 5.75 Å². The number of ether oxygens (including phenoxy) is 1. The molecule has 2 aliphatic heterocycles. The highest BCUT2D eigenvalue weighted by Gasteiger charge is 2.45. The Morgan fingerprint density at radius 2 is 1.77 bits per heavy atom. The van der Waals surface area contributed by atoms with E-state index in [0.717, 1.165) is 51.9 Å². The topological polar surface area (TPSA) is 112 Å². The van der Waals surface area contributed by atoms with E-state index in [4.69, 9.17) is 9.57 Å². The van der Waals surface area contributed by atoms with E-state index in [0.29, 0.717) is 22.9 Å². The molecule has 11 heteroatoms. The maximum absolute atomic E-state index is 13.6. The van der Waals surface area contributed by atoms with Crippen molar-refractivity contribution in [2.75, 3.05) is 46.1 Å². The van der Waals surface area contributed by atoms with Gasteiger partial charge >= 0.3 is 5.97 Å². The summed E-state index contributed by atoms with van der Waals surface area (Å²) >= 11 is 0. The molecule has 0 spiro atoms. The molecule has 1 saturated carbocycles. The molecule has 2 unspecified atom stereocenters. The van der Waals surface area contributed by atoms with Gasteiger partial charge < -0.3 is 14.7 Å². The molecule has 4 atom stereocenters. The van der Waals surface area contributed by atoms with Crippen LogP contribution >= 0.6 is 0 Å². The maximum atomic E-state index is 13.6. The minimum Gasteiger partial charge on any atom is -0.497 e. The van der Waals surface area contributed by atoms with Gasteiger partial charge in [0.25, 0.3) is 0 Å². The number of rotatable bonds is 7. The van der Waals surface area contributed by atoms with Gasteiger partial charge in [-0.3, -0.25) is 15.1 Å². The van der Waals surface area contributed by atoms with Crippen molar-refractivity contribution in [1.29, 1.82) is 0 Å². The fourth-order valence-corrected chi connectivity index (χ4v) is 7.68. The number of methoxy groups -OCH3 is 1. The standard InChI is InChI=1S/C24H38N4O6S/c1-16-12-20(33-4)13-17(2)22(16)35(31,32)15-21-25-23(24(29)30)34-28(21)19-7-5-6-18(14-19)27-10-8-26(3)9-11-27/h12-13,18-19,21,23,25H,5-11,14-15H2,1-4H3,(H,29,30)/t18-,19+,21?,23?/m1/s1. The molecule has 0 radical (unpaired) electrons. The number of carbonyl (C=O) groups is 1. The van der Waals surface area contributed by atoms with Gasteiger partial charge in [-0.25, -0.2) is 13.2 Å². The van der Waals surface area contributed by atoms with Crippen molar-refractivity contribution in [3.05, 3.63) is 23.3 Å². The third kappa shape index (κ3) is 5.81. The number of carboxylic acid groups (broad SMARTS) is 1. The summed E-state index contributed by atoms with van der Waals surface area (Å²) in [5, 5.41) is 14.1. The van der Waals surface area contributed by atoms with Gasteiger partial charge in [-0.2, -0.15) is 5.06 Å². The van der Waals surface area contributed by atoms with Crippen LogP contribution in [0.2, 0.25) is 0 Å². The Hall–Kier alpha value is -1.76. The lowest BCUT2D eigenvalue weighted by molar-refractivity contribution is -0.205. The lowest BCUT2D eigenvalue weighted by Gasteiger charge is -2.43. The highest BCUT2D eigenvalue weighted by atomic mass is 32.2. The van der Waals surface area contributed by atoms with Crippen molar-refractivity contribution in [2.45, 2.75) is 68.9 Å². The number of aliphatic carboxylic acids is 1. The largest absolute Gasteiger partial charge is 0.497 e. The fraction of sp³-hybridized carbons (Fsp3) is 0.708. The van der Waals surface area contributed by atoms with E-state index in [2.05, 4.69) is 22.2 Å². The Bertz CT molecular complexity index is 1000. The molecule has 4 rings (SSSR count). The van der Waals surface area contributed by atoms with Crippen LogP contribution in [0.4, 0.5) is 0 Å². The molecule has 2 N–H and O–H groups in total. The van der Waals surface area contributed by atoms with Gasteiger partial charge in [-0.15, -0.1) is 0 Å². The van der Waals surface area contributed by atoms with Gasteiger partial charge in [0, 0.05) is 38.3 Å². The minimum absolute atomic E-state index is 0.0523. The number of carboxylic acids is 1. The van der Waals surface area contributed by atoms with E-state index in [1.807, 2.05) is 0 Å². The van der Waals surface area contributed by atoms with Crippen LogP contribution in [-0.2, 0) is 19.5 Å². The number of nitrogens with zero attached hydrogens (tertiary/aromatic N) is 3. The third-order valence-electron chi connectivity index (χ3n) is 7.49. The number of hydroxylamine groups is 2. The lowest BCUT2D eigenvalue weighted by Crippen LogP contribution is -2.54. The molecule has 3 aliphatic rings. The van der Waals surface area contributed by atoms with Crippen LogP contribution in [0.25, 0.3) is 0 Å². The zero-order chi connectivity index (χ0) is 25.3. The van der Waals surface area contributed by atoms with Gasteiger partial charge in [0.2, 0.25) is 6.23 Å². The Labute approximate surface area is 208 Å². The van der Waals surface area contributed by atoms with Gasteiger partial charge in [-0.05, 0) is 63.4 Å². The summed E-state index contributed by atoms with van der Waals surface area (Å²) < 4.78 is 32.4. The zero-order valence-electron chi connectivity index (χ0n) is 21.1. The molecule has 2 saturated heterocycles. The van der Waals surface area contributed by atoms with Gasteiger partial charge in [0.1, 0.15) is 11.9 Å². The van der Waals surface area contributed by atoms with Crippen molar-refractivity contribution in [3.63, 3.8) is 0 Å². The van der Waals surface area contributed by atoms with Gasteiger partial charge in [-0.1, -0.05) is 6.42 Å². The molecule has 0 bridgehead atoms. The molecular weight excluding hydrogens is 472 g/mol. The van der Waals surface area contributed by atoms with E-state index in [9.17, 15) is 18.3 Å². The number of sulfone groups is 1. The van der Waals surface area contributed by atoms with E-state index in [-0.39, 0.29) is 16.7 Å². The third-order valence-corrected chi connectivity index (χ3v) is 9.51. The summed E-state index contributed by atoms with van der Waals surface area (Å²) in [6, 6.07) is 3.75. The van der Waals surface area contributed by atoms with Crippen LogP contribution in [0.15, 0.2) is 17.0 Å². The number of benzene rings is 1. The molecule has 2 heterocycles. The van der Waals surface area contributed by atoms with E-state index in [1.54, 1.807) is 38.2 Å². The number of piperazine rings is 1. The quantitative estimate of drug-likeness (QED) is 0.555. The number of hydrogen-bond donors (Lipinski definition) is 2. The average molecular weight is 511 g/mol. The van der Waals surface area contributed by atoms with Crippen LogP contribution < -0.4 is 10.1 Å². The first-order valence-electron chi connectivity index (χ1n) is 12.3. The molecule has 0 amide bonds. The maximum Gasteiger partial charge on any atom is 0.350 e. The molecule has 1 aromatic carbocycles. The van der Waals surface area contributed by atoms with Crippen LogP contribution in [-0.4, -0.2) is 105 Å². The molecule has 196 valence electrons. The Morgan fingerprint density at radius 3 is 2.37 bits per heavy atom. The van der Waals surface area contributed by atoms with E-state index < -0.39 is 28.2 Å². The predicted molar refractivity (Wildman–Crippen MR) is 131 cm³/mol. The summed E-state index contributed by atoms with van der Waals surface area (Å²) in [4.78, 5) is 22.7. The number of likely N-dealkylation sites (N-methyl/N-ethyl adjacent to an activating group) is 1. The number of hydrogen-bond acceptors (Lipinski definition) is 9. The van der Waals surface area contributed by atoms with Crippen molar-refractivity contribution in [2.24, 2.45) is 0 Å². The second kappa shape index (κ2) is 10.7. The molecule has 1 aromatic rings. The Kier molecular flexibility index (Phi) is 8.04. The molecular formula is C24H38N4O6S. The highest BCUT2D eigenvalue weighted by molar-refractivity contribution is 7.91. The smallest absolute Gasteiger partial charge is 0.350 e. The fourth-order valence-electron chi connectivity index (χ4n) is 5.75. The van der Waals surface area contributed by atoms with E-state index >= 15 is 0 Å². The molecule has 0 aromatic heterocycles. The molecule has 3 fully saturated rings. The summed E-state index contributed by atoms with van der Waals surface area (Å²) in [6.07, 6.45) is 1.74. The van der Waals surface area contributed by atoms with Crippen molar-refractivity contribution in [1.82, 2.24) is 20.2 Å². The SMILES string of the molecule is COc1cc(C)c(S(=O)(=O)CC2NC(C(=O)O)ON2[C@H]2CCC[C@@H](N3CCN(C)CC3)C2)c(C)c1. The van der Waals surface area contributed by atoms with E-state index in [1.165, 1.54) is 0 Å². The lowest BCUT2D eigenvalue weighted by atomic mass is 9.89. The average Bonchev–Trinajstić information content (AvgIpc) is 3.22. The summed E-state index contributed by atoms with van der Waals surface area (Å²) in [7, 11) is -0.0591. The van der Waals surface area contributed by atoms with Crippen LogP contribution in [0, 0.1) is 13.8 Å². The first-order chi connectivity index (χ1) is 16.6. The van der Waals surface area contributed by atoms with Gasteiger partial charge in [0.15, 0.2) is 9.84 Å². The molecule has 35 heavy (non-hydrogen) atoms. The minimum atomic E-state index is -3.74. The summed E-state index contributed by atoms with van der Waals surface area (Å²) in [5.74, 6) is -0.829. The summed E-state index contributed by atoms with van der Waals surface area (Å²) in [6.45, 7) is 7.59. The van der Waals surface area contributed by atoms with Crippen molar-refractivity contribution < 1.29 is 27.9 Å². The van der Waals surface area contributed by atoms with Crippen molar-refractivity contribution >= 4 is 15.8 Å². The Morgan fingerprint density at radius 1 is 1.14 bits per heavy atom. The molecule has 10 nitrogen and oxygen atoms in total. The predicted octanol–water partition coefficient (Wildman–Crippen LogP) is 1.22. The second-order valence-electron chi connectivity index (χ2n) is 10.1. The zero-order valence-corrected chi connectivity index (χ0v) is 21.9. The summed E-state index contributed by atoms with van der Waals surface area (Å²) in [5.41, 5.74) is 1.21. The first-order valence-corrected chi connectivity index (χ1v) is 14.0. The van der Waals surface area contributed by atoms with Gasteiger partial charge in [0.05, 0.1) is 17.8 Å². The Balaban J connectivity index is 1.53. The van der Waals surface area contributed by atoms with Crippen molar-refractivity contribution in [3.8, 4) is 5.75 Å². The number of nitrogens with one attached hydrogen (secondary N) is 1. The number of aryl methyl sites for hydroxylation is 2. The van der Waals surface area contributed by atoms with Crippen LogP contribution in [0.1, 0.15) is 36.8 Å². The monoisotopic (exact) mass is 510 g/mol. The second-order valence-corrected chi connectivity index (χ2v) is 12.0. The first kappa shape index (κ1) is 26.3.